The van der Waals surface area contributed by atoms with Gasteiger partial charge in [-0.1, -0.05) is 42.1 Å². The number of aromatic nitrogens is 1. The minimum absolute atomic E-state index is 0.0789. The number of carbonyl (C=O) groups is 1. The Labute approximate surface area is 151 Å². The van der Waals surface area contributed by atoms with Crippen molar-refractivity contribution in [2.75, 3.05) is 17.7 Å². The van der Waals surface area contributed by atoms with Crippen molar-refractivity contribution in [1.82, 2.24) is 4.98 Å². The van der Waals surface area contributed by atoms with Crippen LogP contribution in [0.4, 0.5) is 5.69 Å². The Morgan fingerprint density at radius 3 is 2.76 bits per heavy atom. The molecule has 0 aliphatic rings. The number of carbonyl (C=O) groups excluding carboxylic acids is 1. The Morgan fingerprint density at radius 2 is 1.92 bits per heavy atom. The summed E-state index contributed by atoms with van der Waals surface area (Å²) in [7, 11) is 0. The summed E-state index contributed by atoms with van der Waals surface area (Å²) in [6, 6.07) is 17.5. The molecule has 1 aromatic heterocycles. The number of ether oxygens (including phenoxy) is 1. The smallest absolute Gasteiger partial charge is 0.234 e. The third-order valence-electron chi connectivity index (χ3n) is 3.71. The van der Waals surface area contributed by atoms with E-state index in [1.807, 2.05) is 55.5 Å². The molecule has 4 nitrogen and oxygen atoms in total. The van der Waals surface area contributed by atoms with Crippen LogP contribution in [0.2, 0.25) is 0 Å². The fourth-order valence-corrected chi connectivity index (χ4v) is 3.34. The first kappa shape index (κ1) is 17.3. The summed E-state index contributed by atoms with van der Waals surface area (Å²) >= 11 is 1.43. The number of para-hydroxylation sites is 3. The molecule has 25 heavy (non-hydrogen) atoms. The molecule has 3 aromatic rings. The number of nitrogens with one attached hydrogen (secondary N) is 1. The number of rotatable bonds is 6. The summed E-state index contributed by atoms with van der Waals surface area (Å²) in [6.45, 7) is 4.54. The molecule has 0 unspecified atom stereocenters. The fourth-order valence-electron chi connectivity index (χ4n) is 2.57. The molecule has 0 aliphatic carbocycles. The average Bonchev–Trinajstić information content (AvgIpc) is 2.62. The summed E-state index contributed by atoms with van der Waals surface area (Å²) in [5, 5.41) is 4.90. The van der Waals surface area contributed by atoms with Gasteiger partial charge in [-0.2, -0.15) is 0 Å². The van der Waals surface area contributed by atoms with Crippen molar-refractivity contribution in [2.24, 2.45) is 0 Å². The maximum Gasteiger partial charge on any atom is 0.234 e. The molecule has 1 heterocycles. The van der Waals surface area contributed by atoms with Crippen LogP contribution in [-0.4, -0.2) is 23.3 Å². The van der Waals surface area contributed by atoms with Gasteiger partial charge in [-0.25, -0.2) is 4.98 Å². The Balaban J connectivity index is 1.67. The van der Waals surface area contributed by atoms with Crippen LogP contribution in [0.15, 0.2) is 59.6 Å². The molecular formula is C20H20N2O2S. The molecule has 0 saturated carbocycles. The van der Waals surface area contributed by atoms with Crippen molar-refractivity contribution in [3.05, 3.63) is 60.2 Å². The molecule has 0 saturated heterocycles. The summed E-state index contributed by atoms with van der Waals surface area (Å²) < 4.78 is 5.53. The second kappa shape index (κ2) is 8.03. The number of hydrogen-bond acceptors (Lipinski definition) is 4. The first-order valence-corrected chi connectivity index (χ1v) is 9.17. The molecule has 1 N–H and O–H groups in total. The van der Waals surface area contributed by atoms with Crippen molar-refractivity contribution in [1.29, 1.82) is 0 Å². The molecule has 0 aliphatic heterocycles. The molecule has 128 valence electrons. The van der Waals surface area contributed by atoms with Crippen LogP contribution < -0.4 is 10.1 Å². The zero-order valence-electron chi connectivity index (χ0n) is 14.3. The first-order valence-electron chi connectivity index (χ1n) is 8.18. The van der Waals surface area contributed by atoms with E-state index in [9.17, 15) is 4.79 Å². The largest absolute Gasteiger partial charge is 0.492 e. The van der Waals surface area contributed by atoms with Crippen LogP contribution >= 0.6 is 11.8 Å². The van der Waals surface area contributed by atoms with Crippen LogP contribution in [0.3, 0.4) is 0 Å². The van der Waals surface area contributed by atoms with E-state index >= 15 is 0 Å². The van der Waals surface area contributed by atoms with Crippen LogP contribution in [0, 0.1) is 6.92 Å². The maximum atomic E-state index is 12.3. The standard InChI is InChI=1S/C20H20N2O2S/c1-3-24-18-11-7-6-10-17(18)21-19(23)13-25-20-12-14(2)15-8-4-5-9-16(15)22-20/h4-12H,3,13H2,1-2H3,(H,21,23). The number of anilines is 1. The van der Waals surface area contributed by atoms with E-state index < -0.39 is 0 Å². The Kier molecular flexibility index (Phi) is 5.56. The van der Waals surface area contributed by atoms with Gasteiger partial charge in [0.05, 0.1) is 28.6 Å². The molecule has 5 heteroatoms. The van der Waals surface area contributed by atoms with Gasteiger partial charge in [0.15, 0.2) is 0 Å². The maximum absolute atomic E-state index is 12.3. The first-order chi connectivity index (χ1) is 12.2. The Morgan fingerprint density at radius 1 is 1.16 bits per heavy atom. The van der Waals surface area contributed by atoms with Gasteiger partial charge in [-0.3, -0.25) is 4.79 Å². The third-order valence-corrected chi connectivity index (χ3v) is 4.62. The minimum Gasteiger partial charge on any atom is -0.492 e. The predicted molar refractivity (Wildman–Crippen MR) is 103 cm³/mol. The van der Waals surface area contributed by atoms with Crippen LogP contribution in [0.5, 0.6) is 5.75 Å². The van der Waals surface area contributed by atoms with Crippen molar-refractivity contribution in [3.63, 3.8) is 0 Å². The number of pyridine rings is 1. The van der Waals surface area contributed by atoms with Crippen molar-refractivity contribution < 1.29 is 9.53 Å². The van der Waals surface area contributed by atoms with E-state index in [0.717, 1.165) is 21.5 Å². The second-order valence-corrected chi connectivity index (χ2v) is 6.56. The zero-order chi connectivity index (χ0) is 17.6. The SMILES string of the molecule is CCOc1ccccc1NC(=O)CSc1cc(C)c2ccccc2n1. The van der Waals surface area contributed by atoms with Gasteiger partial charge in [-0.15, -0.1) is 0 Å². The van der Waals surface area contributed by atoms with E-state index in [1.165, 1.54) is 11.8 Å². The second-order valence-electron chi connectivity index (χ2n) is 5.56. The Hall–Kier alpha value is -2.53. The van der Waals surface area contributed by atoms with Gasteiger partial charge in [0.2, 0.25) is 5.91 Å². The van der Waals surface area contributed by atoms with Gasteiger partial charge in [0, 0.05) is 5.39 Å². The van der Waals surface area contributed by atoms with Crippen molar-refractivity contribution in [2.45, 2.75) is 18.9 Å². The van der Waals surface area contributed by atoms with E-state index in [1.54, 1.807) is 0 Å². The summed E-state index contributed by atoms with van der Waals surface area (Å²) in [5.41, 5.74) is 2.81. The highest BCUT2D eigenvalue weighted by Crippen LogP contribution is 2.26. The molecule has 1 amide bonds. The number of amides is 1. The topological polar surface area (TPSA) is 51.2 Å². The molecule has 2 aromatic carbocycles. The molecule has 0 radical (unpaired) electrons. The average molecular weight is 352 g/mol. The third kappa shape index (κ3) is 4.31. The number of thioether (sulfide) groups is 1. The lowest BCUT2D eigenvalue weighted by atomic mass is 10.1. The summed E-state index contributed by atoms with van der Waals surface area (Å²) in [4.78, 5) is 16.9. The van der Waals surface area contributed by atoms with Gasteiger partial charge < -0.3 is 10.1 Å². The lowest BCUT2D eigenvalue weighted by Gasteiger charge is -2.11. The van der Waals surface area contributed by atoms with E-state index in [0.29, 0.717) is 23.8 Å². The monoisotopic (exact) mass is 352 g/mol. The van der Waals surface area contributed by atoms with Gasteiger partial charge in [-0.05, 0) is 43.7 Å². The van der Waals surface area contributed by atoms with Crippen molar-refractivity contribution >= 4 is 34.3 Å². The number of aryl methyl sites for hydroxylation is 1. The lowest BCUT2D eigenvalue weighted by molar-refractivity contribution is -0.113. The molecule has 3 rings (SSSR count). The normalized spacial score (nSPS) is 10.6. The molecule has 0 spiro atoms. The quantitative estimate of drug-likeness (QED) is 0.655. The number of hydrogen-bond donors (Lipinski definition) is 1. The van der Waals surface area contributed by atoms with E-state index in [4.69, 9.17) is 4.74 Å². The molecule has 0 bridgehead atoms. The number of benzene rings is 2. The molecule has 0 atom stereocenters. The van der Waals surface area contributed by atoms with Gasteiger partial charge in [0.1, 0.15) is 5.75 Å². The van der Waals surface area contributed by atoms with Gasteiger partial charge in [0.25, 0.3) is 0 Å². The van der Waals surface area contributed by atoms with Crippen LogP contribution in [0.25, 0.3) is 10.9 Å². The van der Waals surface area contributed by atoms with Crippen LogP contribution in [0.1, 0.15) is 12.5 Å². The van der Waals surface area contributed by atoms with Crippen molar-refractivity contribution in [3.8, 4) is 5.75 Å². The van der Waals surface area contributed by atoms with Crippen LogP contribution in [-0.2, 0) is 4.79 Å². The summed E-state index contributed by atoms with van der Waals surface area (Å²) in [6.07, 6.45) is 0. The zero-order valence-corrected chi connectivity index (χ0v) is 15.1. The minimum atomic E-state index is -0.0789. The summed E-state index contributed by atoms with van der Waals surface area (Å²) in [5.74, 6) is 0.901. The highest BCUT2D eigenvalue weighted by Gasteiger charge is 2.09. The highest BCUT2D eigenvalue weighted by molar-refractivity contribution is 7.99. The van der Waals surface area contributed by atoms with Gasteiger partial charge >= 0.3 is 0 Å². The predicted octanol–water partition coefficient (Wildman–Crippen LogP) is 4.67. The highest BCUT2D eigenvalue weighted by atomic mass is 32.2. The number of nitrogens with zero attached hydrogens (tertiary/aromatic N) is 1. The fraction of sp³-hybridized carbons (Fsp3) is 0.200. The van der Waals surface area contributed by atoms with E-state index in [-0.39, 0.29) is 5.91 Å². The lowest BCUT2D eigenvalue weighted by Crippen LogP contribution is -2.15. The Bertz CT molecular complexity index is 896. The molecular weight excluding hydrogens is 332 g/mol. The van der Waals surface area contributed by atoms with E-state index in [2.05, 4.69) is 23.3 Å². The number of fused-ring (bicyclic) bond motifs is 1. The molecule has 0 fully saturated rings.